The number of aromatic hydroxyl groups is 1. The number of hydrogen-bond acceptors (Lipinski definition) is 3. The van der Waals surface area contributed by atoms with Gasteiger partial charge in [0.15, 0.2) is 11.6 Å². The first kappa shape index (κ1) is 12.4. The molecule has 0 bridgehead atoms. The molecule has 0 aliphatic carbocycles. The zero-order chi connectivity index (χ0) is 13.4. The third kappa shape index (κ3) is 2.03. The molecular weight excluding hydrogens is 237 g/mol. The highest BCUT2D eigenvalue weighted by Crippen LogP contribution is 2.26. The summed E-state index contributed by atoms with van der Waals surface area (Å²) in [5.41, 5.74) is 1.01. The number of benzene rings is 1. The first-order valence-electron chi connectivity index (χ1n) is 5.61. The smallest absolute Gasteiger partial charge is 0.418 e. The zero-order valence-corrected chi connectivity index (χ0v) is 10.4. The van der Waals surface area contributed by atoms with E-state index in [-0.39, 0.29) is 6.10 Å². The standard InChI is InChI=1S/C13H14FNO3/c1-7(2)18-13(17)15-8(3)4-9-5-12(16)10(14)6-11(9)15/h4-7,16H,1-3H3. The van der Waals surface area contributed by atoms with Crippen molar-refractivity contribution in [2.24, 2.45) is 0 Å². The van der Waals surface area contributed by atoms with Gasteiger partial charge in [-0.15, -0.1) is 0 Å². The van der Waals surface area contributed by atoms with Gasteiger partial charge in [-0.2, -0.15) is 0 Å². The topological polar surface area (TPSA) is 51.5 Å². The molecule has 0 atom stereocenters. The van der Waals surface area contributed by atoms with E-state index in [1.54, 1.807) is 26.8 Å². The van der Waals surface area contributed by atoms with Gasteiger partial charge in [0, 0.05) is 17.1 Å². The molecule has 2 rings (SSSR count). The van der Waals surface area contributed by atoms with Crippen molar-refractivity contribution in [3.8, 4) is 5.75 Å². The second-order valence-corrected chi connectivity index (χ2v) is 4.42. The molecule has 0 saturated carbocycles. The van der Waals surface area contributed by atoms with Crippen LogP contribution in [0.15, 0.2) is 18.2 Å². The minimum absolute atomic E-state index is 0.253. The number of ether oxygens (including phenoxy) is 1. The Kier molecular flexibility index (Phi) is 2.98. The van der Waals surface area contributed by atoms with Crippen LogP contribution in [0.3, 0.4) is 0 Å². The maximum Gasteiger partial charge on any atom is 0.418 e. The fraction of sp³-hybridized carbons (Fsp3) is 0.308. The molecular formula is C13H14FNO3. The second-order valence-electron chi connectivity index (χ2n) is 4.42. The molecule has 5 heteroatoms. The summed E-state index contributed by atoms with van der Waals surface area (Å²) in [6, 6.07) is 4.10. The number of fused-ring (bicyclic) bond motifs is 1. The lowest BCUT2D eigenvalue weighted by Gasteiger charge is -2.11. The van der Waals surface area contributed by atoms with Gasteiger partial charge in [-0.05, 0) is 32.9 Å². The Morgan fingerprint density at radius 3 is 2.67 bits per heavy atom. The minimum Gasteiger partial charge on any atom is -0.505 e. The van der Waals surface area contributed by atoms with Crippen molar-refractivity contribution in [3.05, 3.63) is 29.7 Å². The molecule has 1 aromatic heterocycles. The number of phenols is 1. The van der Waals surface area contributed by atoms with Crippen molar-refractivity contribution in [2.75, 3.05) is 0 Å². The van der Waals surface area contributed by atoms with Gasteiger partial charge in [-0.1, -0.05) is 0 Å². The van der Waals surface area contributed by atoms with Gasteiger partial charge < -0.3 is 9.84 Å². The van der Waals surface area contributed by atoms with E-state index in [2.05, 4.69) is 0 Å². The highest BCUT2D eigenvalue weighted by molar-refractivity contribution is 5.91. The highest BCUT2D eigenvalue weighted by Gasteiger charge is 2.17. The van der Waals surface area contributed by atoms with E-state index < -0.39 is 17.7 Å². The first-order valence-corrected chi connectivity index (χ1v) is 5.61. The summed E-state index contributed by atoms with van der Waals surface area (Å²) in [6.45, 7) is 5.20. The number of carbonyl (C=O) groups excluding carboxylic acids is 1. The summed E-state index contributed by atoms with van der Waals surface area (Å²) < 4.78 is 19.7. The molecule has 4 nitrogen and oxygen atoms in total. The molecule has 2 aromatic rings. The number of phenolic OH excluding ortho intramolecular Hbond substituents is 1. The number of halogens is 1. The van der Waals surface area contributed by atoms with Gasteiger partial charge in [-0.25, -0.2) is 13.8 Å². The fourth-order valence-corrected chi connectivity index (χ4v) is 1.85. The summed E-state index contributed by atoms with van der Waals surface area (Å²) in [6.07, 6.45) is -0.807. The molecule has 0 aliphatic heterocycles. The Hall–Kier alpha value is -2.04. The van der Waals surface area contributed by atoms with Gasteiger partial charge in [0.25, 0.3) is 0 Å². The van der Waals surface area contributed by atoms with Crippen LogP contribution in [0.5, 0.6) is 5.75 Å². The highest BCUT2D eigenvalue weighted by atomic mass is 19.1. The van der Waals surface area contributed by atoms with E-state index in [4.69, 9.17) is 4.74 Å². The minimum atomic E-state index is -0.765. The zero-order valence-electron chi connectivity index (χ0n) is 10.4. The van der Waals surface area contributed by atoms with E-state index >= 15 is 0 Å². The van der Waals surface area contributed by atoms with Crippen molar-refractivity contribution < 1.29 is 19.0 Å². The van der Waals surface area contributed by atoms with Crippen LogP contribution >= 0.6 is 0 Å². The van der Waals surface area contributed by atoms with Crippen LogP contribution < -0.4 is 0 Å². The maximum atomic E-state index is 13.3. The summed E-state index contributed by atoms with van der Waals surface area (Å²) in [7, 11) is 0. The molecule has 0 spiro atoms. The number of nitrogens with zero attached hydrogens (tertiary/aromatic N) is 1. The van der Waals surface area contributed by atoms with Crippen molar-refractivity contribution in [2.45, 2.75) is 26.9 Å². The summed E-state index contributed by atoms with van der Waals surface area (Å²) >= 11 is 0. The molecule has 1 heterocycles. The maximum absolute atomic E-state index is 13.3. The quantitative estimate of drug-likeness (QED) is 0.846. The van der Waals surface area contributed by atoms with Crippen LogP contribution in [0.2, 0.25) is 0 Å². The van der Waals surface area contributed by atoms with Gasteiger partial charge in [0.05, 0.1) is 11.6 Å². The van der Waals surface area contributed by atoms with Gasteiger partial charge >= 0.3 is 6.09 Å². The molecule has 0 aliphatic rings. The summed E-state index contributed by atoms with van der Waals surface area (Å²) in [4.78, 5) is 11.9. The van der Waals surface area contributed by atoms with E-state index in [1.807, 2.05) is 0 Å². The number of carbonyl (C=O) groups is 1. The third-order valence-corrected chi connectivity index (χ3v) is 2.57. The molecule has 0 unspecified atom stereocenters. The Morgan fingerprint density at radius 1 is 1.39 bits per heavy atom. The van der Waals surface area contributed by atoms with Gasteiger partial charge in [0.2, 0.25) is 0 Å². The molecule has 18 heavy (non-hydrogen) atoms. The average Bonchev–Trinajstić information content (AvgIpc) is 2.53. The van der Waals surface area contributed by atoms with E-state index in [0.29, 0.717) is 16.6 Å². The van der Waals surface area contributed by atoms with Crippen LogP contribution in [0.4, 0.5) is 9.18 Å². The Morgan fingerprint density at radius 2 is 2.06 bits per heavy atom. The van der Waals surface area contributed by atoms with Gasteiger partial charge in [-0.3, -0.25) is 0 Å². The summed E-state index contributed by atoms with van der Waals surface area (Å²) in [5, 5.41) is 9.89. The number of rotatable bonds is 1. The predicted octanol–water partition coefficient (Wildman–Crippen LogP) is 3.19. The van der Waals surface area contributed by atoms with Crippen molar-refractivity contribution >= 4 is 17.0 Å². The van der Waals surface area contributed by atoms with E-state index in [0.717, 1.165) is 6.07 Å². The van der Waals surface area contributed by atoms with E-state index in [9.17, 15) is 14.3 Å². The number of aryl methyl sites for hydroxylation is 1. The molecule has 96 valence electrons. The number of aromatic nitrogens is 1. The monoisotopic (exact) mass is 251 g/mol. The second kappa shape index (κ2) is 4.33. The largest absolute Gasteiger partial charge is 0.505 e. The summed E-state index contributed by atoms with van der Waals surface area (Å²) in [5.74, 6) is -1.20. The van der Waals surface area contributed by atoms with Crippen molar-refractivity contribution in [1.29, 1.82) is 0 Å². The van der Waals surface area contributed by atoms with Crippen LogP contribution in [0, 0.1) is 12.7 Å². The van der Waals surface area contributed by atoms with Gasteiger partial charge in [0.1, 0.15) is 0 Å². The first-order chi connectivity index (χ1) is 8.40. The van der Waals surface area contributed by atoms with Crippen LogP contribution in [0.25, 0.3) is 10.9 Å². The lowest BCUT2D eigenvalue weighted by Crippen LogP contribution is -2.18. The van der Waals surface area contributed by atoms with Crippen molar-refractivity contribution in [1.82, 2.24) is 4.57 Å². The molecule has 1 N–H and O–H groups in total. The average molecular weight is 251 g/mol. The fourth-order valence-electron chi connectivity index (χ4n) is 1.85. The third-order valence-electron chi connectivity index (χ3n) is 2.57. The number of hydrogen-bond donors (Lipinski definition) is 1. The predicted molar refractivity (Wildman–Crippen MR) is 65.3 cm³/mol. The van der Waals surface area contributed by atoms with Crippen LogP contribution in [-0.4, -0.2) is 21.9 Å². The van der Waals surface area contributed by atoms with Crippen LogP contribution in [0.1, 0.15) is 19.5 Å². The lowest BCUT2D eigenvalue weighted by atomic mass is 10.2. The van der Waals surface area contributed by atoms with Crippen molar-refractivity contribution in [3.63, 3.8) is 0 Å². The Balaban J connectivity index is 2.60. The molecule has 0 radical (unpaired) electrons. The Labute approximate surface area is 104 Å². The molecule has 0 saturated heterocycles. The van der Waals surface area contributed by atoms with Crippen LogP contribution in [-0.2, 0) is 4.74 Å². The van der Waals surface area contributed by atoms with E-state index in [1.165, 1.54) is 10.6 Å². The normalized spacial score (nSPS) is 11.2. The Bertz CT molecular complexity index is 616. The lowest BCUT2D eigenvalue weighted by molar-refractivity contribution is 0.117. The molecule has 0 amide bonds. The molecule has 1 aromatic carbocycles. The molecule has 0 fully saturated rings. The SMILES string of the molecule is Cc1cc2cc(O)c(F)cc2n1C(=O)OC(C)C.